The Morgan fingerprint density at radius 3 is 2.52 bits per heavy atom. The summed E-state index contributed by atoms with van der Waals surface area (Å²) in [5.74, 6) is 0.396. The molecule has 29 heavy (non-hydrogen) atoms. The van der Waals surface area contributed by atoms with E-state index in [2.05, 4.69) is 28.9 Å². The molecule has 0 radical (unpaired) electrons. The van der Waals surface area contributed by atoms with Crippen molar-refractivity contribution in [2.24, 2.45) is 0 Å². The molecule has 0 spiro atoms. The highest BCUT2D eigenvalue weighted by atomic mass is 16.5. The van der Waals surface area contributed by atoms with E-state index >= 15 is 0 Å². The van der Waals surface area contributed by atoms with Gasteiger partial charge in [-0.25, -0.2) is 4.98 Å². The number of aromatic nitrogens is 2. The maximum Gasteiger partial charge on any atom is 0.259 e. The first-order valence-electron chi connectivity index (χ1n) is 10.6. The molecule has 0 aromatic carbocycles. The van der Waals surface area contributed by atoms with Crippen LogP contribution in [0.5, 0.6) is 5.88 Å². The average Bonchev–Trinajstić information content (AvgIpc) is 3.27. The van der Waals surface area contributed by atoms with Crippen LogP contribution in [-0.2, 0) is 5.41 Å². The SMILES string of the molecule is COc1ncccc1C(=O)N1CCC(CN2CCCC2)(c2ccc(C)cn2)CC1. The van der Waals surface area contributed by atoms with Gasteiger partial charge in [0.15, 0.2) is 0 Å². The molecule has 4 heterocycles. The second kappa shape index (κ2) is 8.49. The summed E-state index contributed by atoms with van der Waals surface area (Å²) in [6.45, 7) is 6.89. The number of aryl methyl sites for hydroxylation is 1. The van der Waals surface area contributed by atoms with E-state index in [-0.39, 0.29) is 11.3 Å². The molecule has 0 saturated carbocycles. The molecule has 0 atom stereocenters. The highest BCUT2D eigenvalue weighted by molar-refractivity contribution is 5.96. The molecule has 154 valence electrons. The van der Waals surface area contributed by atoms with E-state index in [1.165, 1.54) is 37.2 Å². The summed E-state index contributed by atoms with van der Waals surface area (Å²) in [5, 5.41) is 0. The molecule has 2 aromatic heterocycles. The van der Waals surface area contributed by atoms with Crippen molar-refractivity contribution in [2.45, 2.75) is 38.0 Å². The van der Waals surface area contributed by atoms with Crippen molar-refractivity contribution in [3.8, 4) is 5.88 Å². The molecule has 6 nitrogen and oxygen atoms in total. The van der Waals surface area contributed by atoms with Crippen LogP contribution in [0.3, 0.4) is 0 Å². The molecule has 0 N–H and O–H groups in total. The van der Waals surface area contributed by atoms with Gasteiger partial charge in [0.1, 0.15) is 5.56 Å². The third-order valence-electron chi connectivity index (χ3n) is 6.38. The summed E-state index contributed by atoms with van der Waals surface area (Å²) < 4.78 is 5.29. The standard InChI is InChI=1S/C23H30N4O2/c1-18-7-8-20(25-16-18)23(17-26-12-3-4-13-26)9-14-27(15-10-23)22(28)19-6-5-11-24-21(19)29-2/h5-8,11,16H,3-4,9-10,12-15,17H2,1-2H3. The van der Waals surface area contributed by atoms with Crippen molar-refractivity contribution in [3.63, 3.8) is 0 Å². The average molecular weight is 395 g/mol. The van der Waals surface area contributed by atoms with Crippen molar-refractivity contribution < 1.29 is 9.53 Å². The number of piperidine rings is 1. The van der Waals surface area contributed by atoms with Gasteiger partial charge in [-0.1, -0.05) is 6.07 Å². The number of rotatable bonds is 5. The molecule has 0 unspecified atom stereocenters. The van der Waals surface area contributed by atoms with Gasteiger partial charge in [0.2, 0.25) is 5.88 Å². The van der Waals surface area contributed by atoms with Crippen LogP contribution in [0.2, 0.25) is 0 Å². The number of hydrogen-bond donors (Lipinski definition) is 0. The third kappa shape index (κ3) is 4.13. The number of ether oxygens (including phenoxy) is 1. The number of carbonyl (C=O) groups is 1. The summed E-state index contributed by atoms with van der Waals surface area (Å²) in [5.41, 5.74) is 2.89. The molecule has 4 rings (SSSR count). The predicted molar refractivity (Wildman–Crippen MR) is 112 cm³/mol. The molecule has 0 bridgehead atoms. The van der Waals surface area contributed by atoms with Crippen LogP contribution in [0.1, 0.15) is 47.3 Å². The second-order valence-corrected chi connectivity index (χ2v) is 8.34. The number of amides is 1. The first-order chi connectivity index (χ1) is 14.1. The Balaban J connectivity index is 1.53. The zero-order valence-corrected chi connectivity index (χ0v) is 17.4. The number of likely N-dealkylation sites (tertiary alicyclic amines) is 2. The number of nitrogens with zero attached hydrogens (tertiary/aromatic N) is 4. The van der Waals surface area contributed by atoms with Gasteiger partial charge in [0.25, 0.3) is 5.91 Å². The summed E-state index contributed by atoms with van der Waals surface area (Å²) >= 11 is 0. The van der Waals surface area contributed by atoms with Gasteiger partial charge in [-0.05, 0) is 69.5 Å². The number of hydrogen-bond acceptors (Lipinski definition) is 5. The Labute approximate surface area is 172 Å². The highest BCUT2D eigenvalue weighted by Gasteiger charge is 2.40. The number of pyridine rings is 2. The largest absolute Gasteiger partial charge is 0.480 e. The molecule has 2 fully saturated rings. The van der Waals surface area contributed by atoms with Crippen LogP contribution in [0.25, 0.3) is 0 Å². The first-order valence-corrected chi connectivity index (χ1v) is 10.6. The van der Waals surface area contributed by atoms with E-state index in [9.17, 15) is 4.79 Å². The summed E-state index contributed by atoms with van der Waals surface area (Å²) in [4.78, 5) is 26.6. The van der Waals surface area contributed by atoms with Crippen molar-refractivity contribution in [3.05, 3.63) is 53.5 Å². The number of methoxy groups -OCH3 is 1. The van der Waals surface area contributed by atoms with E-state index < -0.39 is 0 Å². The topological polar surface area (TPSA) is 58.6 Å². The Morgan fingerprint density at radius 1 is 1.10 bits per heavy atom. The van der Waals surface area contributed by atoms with Crippen molar-refractivity contribution in [1.29, 1.82) is 0 Å². The zero-order valence-electron chi connectivity index (χ0n) is 17.4. The highest BCUT2D eigenvalue weighted by Crippen LogP contribution is 2.37. The fourth-order valence-electron chi connectivity index (χ4n) is 4.67. The lowest BCUT2D eigenvalue weighted by molar-refractivity contribution is 0.0626. The lowest BCUT2D eigenvalue weighted by Gasteiger charge is -2.43. The summed E-state index contributed by atoms with van der Waals surface area (Å²) in [6, 6.07) is 7.93. The van der Waals surface area contributed by atoms with Crippen molar-refractivity contribution >= 4 is 5.91 Å². The normalized spacial score (nSPS) is 19.3. The van der Waals surface area contributed by atoms with E-state index in [1.54, 1.807) is 25.4 Å². The molecule has 6 heteroatoms. The Morgan fingerprint density at radius 2 is 1.86 bits per heavy atom. The number of carbonyl (C=O) groups excluding carboxylic acids is 1. The molecular weight excluding hydrogens is 364 g/mol. The molecule has 2 saturated heterocycles. The Hall–Kier alpha value is -2.47. The van der Waals surface area contributed by atoms with E-state index in [1.807, 2.05) is 11.1 Å². The Kier molecular flexibility index (Phi) is 5.81. The maximum atomic E-state index is 13.1. The van der Waals surface area contributed by atoms with Crippen LogP contribution in [0.15, 0.2) is 36.7 Å². The van der Waals surface area contributed by atoms with Crippen molar-refractivity contribution in [1.82, 2.24) is 19.8 Å². The quantitative estimate of drug-likeness (QED) is 0.780. The van der Waals surface area contributed by atoms with Gasteiger partial charge < -0.3 is 14.5 Å². The lowest BCUT2D eigenvalue weighted by Crippen LogP contribution is -2.50. The summed E-state index contributed by atoms with van der Waals surface area (Å²) in [6.07, 6.45) is 8.03. The molecule has 0 aliphatic carbocycles. The summed E-state index contributed by atoms with van der Waals surface area (Å²) in [7, 11) is 1.56. The van der Waals surface area contributed by atoms with Gasteiger partial charge in [0, 0.05) is 43.1 Å². The molecular formula is C23H30N4O2. The lowest BCUT2D eigenvalue weighted by atomic mass is 9.74. The Bertz CT molecular complexity index is 838. The molecule has 1 amide bonds. The van der Waals surface area contributed by atoms with Gasteiger partial charge in [0.05, 0.1) is 7.11 Å². The maximum absolute atomic E-state index is 13.1. The third-order valence-corrected chi connectivity index (χ3v) is 6.38. The minimum Gasteiger partial charge on any atom is -0.480 e. The first kappa shape index (κ1) is 19.8. The van der Waals surface area contributed by atoms with Gasteiger partial charge >= 0.3 is 0 Å². The van der Waals surface area contributed by atoms with Crippen LogP contribution < -0.4 is 4.74 Å². The van der Waals surface area contributed by atoms with E-state index in [4.69, 9.17) is 9.72 Å². The van der Waals surface area contributed by atoms with Crippen LogP contribution in [-0.4, -0.2) is 65.5 Å². The fraction of sp³-hybridized carbons (Fsp3) is 0.522. The fourth-order valence-corrected chi connectivity index (χ4v) is 4.67. The van der Waals surface area contributed by atoms with Crippen LogP contribution >= 0.6 is 0 Å². The predicted octanol–water partition coefficient (Wildman–Crippen LogP) is 3.06. The van der Waals surface area contributed by atoms with Gasteiger partial charge in [-0.3, -0.25) is 9.78 Å². The van der Waals surface area contributed by atoms with Crippen LogP contribution in [0.4, 0.5) is 0 Å². The van der Waals surface area contributed by atoms with Gasteiger partial charge in [-0.15, -0.1) is 0 Å². The molecule has 2 aliphatic heterocycles. The zero-order chi connectivity index (χ0) is 20.3. The van der Waals surface area contributed by atoms with Crippen molar-refractivity contribution in [2.75, 3.05) is 39.8 Å². The van der Waals surface area contributed by atoms with E-state index in [0.717, 1.165) is 32.5 Å². The smallest absolute Gasteiger partial charge is 0.259 e. The van der Waals surface area contributed by atoms with Crippen LogP contribution in [0, 0.1) is 6.92 Å². The van der Waals surface area contributed by atoms with Gasteiger partial charge in [-0.2, -0.15) is 0 Å². The second-order valence-electron chi connectivity index (χ2n) is 8.34. The minimum atomic E-state index is 0.00147. The molecule has 2 aliphatic rings. The van der Waals surface area contributed by atoms with E-state index in [0.29, 0.717) is 11.4 Å². The monoisotopic (exact) mass is 394 g/mol. The molecule has 2 aromatic rings. The minimum absolute atomic E-state index is 0.00147.